The Morgan fingerprint density at radius 3 is 2.20 bits per heavy atom. The number of halogens is 2. The predicted molar refractivity (Wildman–Crippen MR) is 88.6 cm³/mol. The van der Waals surface area contributed by atoms with Crippen molar-refractivity contribution in [3.8, 4) is 5.75 Å². The molecule has 2 aromatic rings. The molecule has 2 aromatic carbocycles. The first kappa shape index (κ1) is 18.4. The van der Waals surface area contributed by atoms with Gasteiger partial charge in [0.25, 0.3) is 5.91 Å². The van der Waals surface area contributed by atoms with Gasteiger partial charge in [-0.15, -0.1) is 0 Å². The van der Waals surface area contributed by atoms with Gasteiger partial charge in [0.2, 0.25) is 5.91 Å². The molecule has 0 atom stereocenters. The minimum atomic E-state index is -2.87. The fourth-order valence-electron chi connectivity index (χ4n) is 2.11. The fraction of sp³-hybridized carbons (Fsp3) is 0.222. The maximum atomic E-state index is 12.1. The summed E-state index contributed by atoms with van der Waals surface area (Å²) in [5, 5.41) is 5.38. The lowest BCUT2D eigenvalue weighted by Crippen LogP contribution is -2.35. The largest absolute Gasteiger partial charge is 0.435 e. The van der Waals surface area contributed by atoms with Crippen molar-refractivity contribution in [2.75, 3.05) is 13.1 Å². The smallest absolute Gasteiger partial charge is 0.387 e. The highest BCUT2D eigenvalue weighted by atomic mass is 19.3. The number of hydrogen-bond donors (Lipinski definition) is 2. The van der Waals surface area contributed by atoms with Gasteiger partial charge in [0.1, 0.15) is 5.75 Å². The van der Waals surface area contributed by atoms with Crippen LogP contribution in [-0.4, -0.2) is 31.5 Å². The molecule has 5 nitrogen and oxygen atoms in total. The number of nitrogens with one attached hydrogen (secondary N) is 2. The lowest BCUT2D eigenvalue weighted by Gasteiger charge is -2.08. The number of rotatable bonds is 8. The van der Waals surface area contributed by atoms with E-state index in [0.717, 1.165) is 0 Å². The van der Waals surface area contributed by atoms with E-state index in [-0.39, 0.29) is 24.0 Å². The summed E-state index contributed by atoms with van der Waals surface area (Å²) >= 11 is 0. The molecule has 7 heteroatoms. The average Bonchev–Trinajstić information content (AvgIpc) is 2.60. The molecule has 0 unspecified atom stereocenters. The zero-order chi connectivity index (χ0) is 18.1. The van der Waals surface area contributed by atoms with E-state index in [1.807, 2.05) is 6.07 Å². The summed E-state index contributed by atoms with van der Waals surface area (Å²) in [6.07, 6.45) is 0.113. The van der Waals surface area contributed by atoms with Crippen molar-refractivity contribution in [3.05, 3.63) is 65.7 Å². The van der Waals surface area contributed by atoms with E-state index in [2.05, 4.69) is 15.4 Å². The molecule has 0 aliphatic rings. The van der Waals surface area contributed by atoms with Gasteiger partial charge >= 0.3 is 6.61 Å². The van der Waals surface area contributed by atoms with Crippen LogP contribution >= 0.6 is 0 Å². The molecule has 0 spiro atoms. The van der Waals surface area contributed by atoms with E-state index in [4.69, 9.17) is 0 Å². The van der Waals surface area contributed by atoms with Crippen molar-refractivity contribution in [2.24, 2.45) is 0 Å². The molecule has 0 aromatic heterocycles. The van der Waals surface area contributed by atoms with Gasteiger partial charge in [-0.05, 0) is 29.8 Å². The maximum Gasteiger partial charge on any atom is 0.387 e. The Morgan fingerprint density at radius 2 is 1.56 bits per heavy atom. The van der Waals surface area contributed by atoms with Gasteiger partial charge in [0.05, 0.1) is 6.42 Å². The molecule has 0 saturated carbocycles. The zero-order valence-electron chi connectivity index (χ0n) is 13.4. The van der Waals surface area contributed by atoms with E-state index in [0.29, 0.717) is 24.2 Å². The standard InChI is InChI=1S/C18H18F2N2O3/c19-18(20)25-15-8-6-13(7-9-15)12-16(23)21-10-11-22-17(24)14-4-2-1-3-5-14/h1-9,18H,10-12H2,(H,21,23)(H,22,24). The van der Waals surface area contributed by atoms with Gasteiger partial charge < -0.3 is 15.4 Å². The Labute approximate surface area is 144 Å². The van der Waals surface area contributed by atoms with E-state index in [1.165, 1.54) is 12.1 Å². The second-order valence-electron chi connectivity index (χ2n) is 5.17. The summed E-state index contributed by atoms with van der Waals surface area (Å²) in [6.45, 7) is -2.27. The van der Waals surface area contributed by atoms with Crippen molar-refractivity contribution in [1.29, 1.82) is 0 Å². The molecule has 2 amide bonds. The predicted octanol–water partition coefficient (Wildman–Crippen LogP) is 2.38. The summed E-state index contributed by atoms with van der Waals surface area (Å²) in [4.78, 5) is 23.6. The number of ether oxygens (including phenoxy) is 1. The lowest BCUT2D eigenvalue weighted by molar-refractivity contribution is -0.120. The van der Waals surface area contributed by atoms with Crippen molar-refractivity contribution in [2.45, 2.75) is 13.0 Å². The van der Waals surface area contributed by atoms with E-state index >= 15 is 0 Å². The van der Waals surface area contributed by atoms with Crippen LogP contribution < -0.4 is 15.4 Å². The highest BCUT2D eigenvalue weighted by molar-refractivity contribution is 5.94. The zero-order valence-corrected chi connectivity index (χ0v) is 13.4. The summed E-state index contributed by atoms with van der Waals surface area (Å²) in [5.74, 6) is -0.385. The Hall–Kier alpha value is -2.96. The number of alkyl halides is 2. The minimum Gasteiger partial charge on any atom is -0.435 e. The first-order chi connectivity index (χ1) is 12.0. The van der Waals surface area contributed by atoms with E-state index < -0.39 is 6.61 Å². The van der Waals surface area contributed by atoms with Crippen LogP contribution in [0.5, 0.6) is 5.75 Å². The second-order valence-corrected chi connectivity index (χ2v) is 5.17. The monoisotopic (exact) mass is 348 g/mol. The van der Waals surface area contributed by atoms with Crippen LogP contribution in [0.4, 0.5) is 8.78 Å². The van der Waals surface area contributed by atoms with Crippen LogP contribution in [-0.2, 0) is 11.2 Å². The highest BCUT2D eigenvalue weighted by Crippen LogP contribution is 2.15. The first-order valence-electron chi connectivity index (χ1n) is 7.68. The van der Waals surface area contributed by atoms with Crippen LogP contribution in [0.15, 0.2) is 54.6 Å². The Bertz CT molecular complexity index is 691. The van der Waals surface area contributed by atoms with Crippen LogP contribution in [0.2, 0.25) is 0 Å². The average molecular weight is 348 g/mol. The molecule has 0 radical (unpaired) electrons. The van der Waals surface area contributed by atoms with Crippen LogP contribution in [0, 0.1) is 0 Å². The summed E-state index contributed by atoms with van der Waals surface area (Å²) < 4.78 is 28.3. The number of carbonyl (C=O) groups excluding carboxylic acids is 2. The lowest BCUT2D eigenvalue weighted by atomic mass is 10.1. The van der Waals surface area contributed by atoms with Crippen LogP contribution in [0.3, 0.4) is 0 Å². The van der Waals surface area contributed by atoms with Gasteiger partial charge in [-0.3, -0.25) is 9.59 Å². The molecule has 2 N–H and O–H groups in total. The molecular weight excluding hydrogens is 330 g/mol. The van der Waals surface area contributed by atoms with Crippen molar-refractivity contribution in [1.82, 2.24) is 10.6 Å². The Balaban J connectivity index is 1.68. The van der Waals surface area contributed by atoms with Gasteiger partial charge in [-0.1, -0.05) is 30.3 Å². The molecule has 25 heavy (non-hydrogen) atoms. The first-order valence-corrected chi connectivity index (χ1v) is 7.68. The molecule has 0 bridgehead atoms. The number of hydrogen-bond acceptors (Lipinski definition) is 3. The maximum absolute atomic E-state index is 12.1. The summed E-state index contributed by atoms with van der Waals surface area (Å²) in [6, 6.07) is 14.6. The van der Waals surface area contributed by atoms with E-state index in [1.54, 1.807) is 36.4 Å². The quantitative estimate of drug-likeness (QED) is 0.720. The van der Waals surface area contributed by atoms with Crippen molar-refractivity contribution in [3.63, 3.8) is 0 Å². The van der Waals surface area contributed by atoms with Gasteiger partial charge in [-0.25, -0.2) is 0 Å². The number of carbonyl (C=O) groups is 2. The molecule has 2 rings (SSSR count). The molecule has 0 aliphatic carbocycles. The molecule has 0 fully saturated rings. The fourth-order valence-corrected chi connectivity index (χ4v) is 2.11. The summed E-state index contributed by atoms with van der Waals surface area (Å²) in [5.41, 5.74) is 1.23. The number of amides is 2. The Kier molecular flexibility index (Phi) is 6.88. The van der Waals surface area contributed by atoms with Gasteiger partial charge in [-0.2, -0.15) is 8.78 Å². The Morgan fingerprint density at radius 1 is 0.920 bits per heavy atom. The molecule has 0 saturated heterocycles. The molecule has 0 aliphatic heterocycles. The normalized spacial score (nSPS) is 10.4. The third kappa shape index (κ3) is 6.58. The topological polar surface area (TPSA) is 67.4 Å². The third-order valence-corrected chi connectivity index (χ3v) is 3.28. The van der Waals surface area contributed by atoms with Crippen LogP contribution in [0.1, 0.15) is 15.9 Å². The second kappa shape index (κ2) is 9.36. The highest BCUT2D eigenvalue weighted by Gasteiger charge is 2.07. The number of benzene rings is 2. The molecular formula is C18H18F2N2O3. The minimum absolute atomic E-state index is 0.0442. The molecule has 0 heterocycles. The van der Waals surface area contributed by atoms with Gasteiger partial charge in [0.15, 0.2) is 0 Å². The third-order valence-electron chi connectivity index (χ3n) is 3.28. The molecule has 132 valence electrons. The summed E-state index contributed by atoms with van der Waals surface area (Å²) in [7, 11) is 0. The van der Waals surface area contributed by atoms with Gasteiger partial charge in [0, 0.05) is 18.7 Å². The van der Waals surface area contributed by atoms with Crippen molar-refractivity contribution >= 4 is 11.8 Å². The van der Waals surface area contributed by atoms with E-state index in [9.17, 15) is 18.4 Å². The van der Waals surface area contributed by atoms with Crippen LogP contribution in [0.25, 0.3) is 0 Å². The van der Waals surface area contributed by atoms with Crippen molar-refractivity contribution < 1.29 is 23.1 Å². The SMILES string of the molecule is O=C(Cc1ccc(OC(F)F)cc1)NCCNC(=O)c1ccccc1.